The monoisotopic (exact) mass is 440 g/mol. The fourth-order valence-electron chi connectivity index (χ4n) is 2.76. The van der Waals surface area contributed by atoms with Gasteiger partial charge < -0.3 is 5.32 Å². The highest BCUT2D eigenvalue weighted by molar-refractivity contribution is 7.89. The molecule has 3 rings (SSSR count). The average molecular weight is 441 g/mol. The molecular formula is C16H17ClN6O5S. The molecule has 13 heteroatoms. The first-order chi connectivity index (χ1) is 13.5. The predicted octanol–water partition coefficient (Wildman–Crippen LogP) is -0.949. The molecule has 0 atom stereocenters. The molecule has 11 nitrogen and oxygen atoms in total. The fraction of sp³-hybridized carbons (Fsp3) is 0.250. The van der Waals surface area contributed by atoms with Crippen LogP contribution in [0.2, 0.25) is 5.28 Å². The van der Waals surface area contributed by atoms with E-state index >= 15 is 0 Å². The zero-order chi connectivity index (χ0) is 21.5. The highest BCUT2D eigenvalue weighted by Crippen LogP contribution is 2.15. The maximum Gasteiger partial charge on any atom is 0.332 e. The number of hydrogen-bond acceptors (Lipinski definition) is 6. The van der Waals surface area contributed by atoms with Crippen molar-refractivity contribution >= 4 is 38.7 Å². The summed E-state index contributed by atoms with van der Waals surface area (Å²) >= 11 is 6.08. The Morgan fingerprint density at radius 2 is 1.79 bits per heavy atom. The number of nitrogens with zero attached hydrogens (tertiary/aromatic N) is 4. The quantitative estimate of drug-likeness (QED) is 0.488. The minimum absolute atomic E-state index is 0.0345. The summed E-state index contributed by atoms with van der Waals surface area (Å²) < 4.78 is 25.8. The van der Waals surface area contributed by atoms with E-state index in [-0.39, 0.29) is 34.4 Å². The molecule has 0 fully saturated rings. The molecule has 1 amide bonds. The van der Waals surface area contributed by atoms with E-state index in [4.69, 9.17) is 16.7 Å². The number of carbonyl (C=O) groups excluding carboxylic acids is 1. The third-order valence-corrected chi connectivity index (χ3v) is 5.56. The van der Waals surface area contributed by atoms with Gasteiger partial charge in [-0.2, -0.15) is 4.98 Å². The van der Waals surface area contributed by atoms with E-state index in [0.717, 1.165) is 4.57 Å². The Bertz CT molecular complexity index is 1340. The number of primary sulfonamides is 1. The Morgan fingerprint density at radius 3 is 2.38 bits per heavy atom. The molecule has 29 heavy (non-hydrogen) atoms. The smallest absolute Gasteiger partial charge is 0.332 e. The van der Waals surface area contributed by atoms with Crippen molar-refractivity contribution in [3.63, 3.8) is 0 Å². The van der Waals surface area contributed by atoms with Gasteiger partial charge in [-0.05, 0) is 29.3 Å². The standard InChI is InChI=1S/C16H17ClN6O5S/c1-21-13-12(14(25)22(2)16(21)26)23(15(17)20-13)8-11(24)19-7-9-3-5-10(6-4-9)29(18,27)28/h3-6H,7-8H2,1-2H3,(H,19,24)(H2,18,27,28). The van der Waals surface area contributed by atoms with E-state index in [1.54, 1.807) is 0 Å². The van der Waals surface area contributed by atoms with Crippen molar-refractivity contribution in [1.29, 1.82) is 0 Å². The summed E-state index contributed by atoms with van der Waals surface area (Å²) in [6.07, 6.45) is 0. The van der Waals surface area contributed by atoms with Gasteiger partial charge in [-0.3, -0.25) is 23.3 Å². The lowest BCUT2D eigenvalue weighted by Crippen LogP contribution is -2.38. The van der Waals surface area contributed by atoms with E-state index in [9.17, 15) is 22.8 Å². The number of sulfonamides is 1. The lowest BCUT2D eigenvalue weighted by atomic mass is 10.2. The second-order valence-electron chi connectivity index (χ2n) is 6.31. The van der Waals surface area contributed by atoms with Crippen LogP contribution < -0.4 is 21.7 Å². The summed E-state index contributed by atoms with van der Waals surface area (Å²) in [5.74, 6) is -0.461. The molecule has 0 aliphatic rings. The summed E-state index contributed by atoms with van der Waals surface area (Å²) in [6.45, 7) is -0.178. The van der Waals surface area contributed by atoms with Crippen molar-refractivity contribution in [2.24, 2.45) is 19.2 Å². The summed E-state index contributed by atoms with van der Waals surface area (Å²) in [6, 6.07) is 5.71. The van der Waals surface area contributed by atoms with Gasteiger partial charge in [0.1, 0.15) is 6.54 Å². The largest absolute Gasteiger partial charge is 0.350 e. The molecule has 0 spiro atoms. The van der Waals surface area contributed by atoms with Crippen molar-refractivity contribution in [1.82, 2.24) is 24.0 Å². The number of fused-ring (bicyclic) bond motifs is 1. The molecule has 154 valence electrons. The maximum atomic E-state index is 12.4. The molecule has 0 unspecified atom stereocenters. The van der Waals surface area contributed by atoms with Gasteiger partial charge in [-0.15, -0.1) is 0 Å². The van der Waals surface area contributed by atoms with Crippen LogP contribution in [-0.4, -0.2) is 33.0 Å². The van der Waals surface area contributed by atoms with E-state index in [1.165, 1.54) is 47.5 Å². The SMILES string of the molecule is Cn1c(=O)c2c(nc(Cl)n2CC(=O)NCc2ccc(S(N)(=O)=O)cc2)n(C)c1=O. The molecule has 0 aliphatic carbocycles. The average Bonchev–Trinajstić information content (AvgIpc) is 2.99. The van der Waals surface area contributed by atoms with Gasteiger partial charge in [0.05, 0.1) is 4.90 Å². The molecule has 0 aliphatic heterocycles. The molecule has 3 aromatic rings. The zero-order valence-electron chi connectivity index (χ0n) is 15.4. The minimum atomic E-state index is -3.79. The minimum Gasteiger partial charge on any atom is -0.350 e. The molecule has 0 bridgehead atoms. The number of nitrogens with two attached hydrogens (primary N) is 1. The first kappa shape index (κ1) is 20.8. The van der Waals surface area contributed by atoms with Gasteiger partial charge in [0.15, 0.2) is 11.2 Å². The second-order valence-corrected chi connectivity index (χ2v) is 8.21. The van der Waals surface area contributed by atoms with Gasteiger partial charge in [0.2, 0.25) is 21.2 Å². The predicted molar refractivity (Wildman–Crippen MR) is 105 cm³/mol. The number of imidazole rings is 1. The van der Waals surface area contributed by atoms with Crippen molar-refractivity contribution < 1.29 is 13.2 Å². The first-order valence-electron chi connectivity index (χ1n) is 8.21. The lowest BCUT2D eigenvalue weighted by molar-refractivity contribution is -0.121. The number of hydrogen-bond donors (Lipinski definition) is 2. The third-order valence-electron chi connectivity index (χ3n) is 4.34. The normalized spacial score (nSPS) is 11.7. The molecule has 1 aromatic carbocycles. The van der Waals surface area contributed by atoms with Crippen molar-refractivity contribution in [2.45, 2.75) is 18.0 Å². The molecule has 0 saturated carbocycles. The van der Waals surface area contributed by atoms with Gasteiger partial charge >= 0.3 is 5.69 Å². The Balaban J connectivity index is 1.81. The van der Waals surface area contributed by atoms with Crippen molar-refractivity contribution in [3.8, 4) is 0 Å². The first-order valence-corrected chi connectivity index (χ1v) is 10.1. The lowest BCUT2D eigenvalue weighted by Gasteiger charge is -2.09. The number of halogens is 1. The molecule has 3 N–H and O–H groups in total. The number of amides is 1. The second kappa shape index (κ2) is 7.46. The Labute approximate surface area is 169 Å². The number of rotatable bonds is 5. The molecule has 2 heterocycles. The van der Waals surface area contributed by atoms with Gasteiger partial charge in [-0.1, -0.05) is 12.1 Å². The zero-order valence-corrected chi connectivity index (χ0v) is 17.0. The van der Waals surface area contributed by atoms with Crippen LogP contribution in [0.15, 0.2) is 38.8 Å². The third kappa shape index (κ3) is 3.95. The summed E-state index contributed by atoms with van der Waals surface area (Å²) in [7, 11) is -1.03. The molecule has 2 aromatic heterocycles. The van der Waals surface area contributed by atoms with Crippen LogP contribution >= 0.6 is 11.6 Å². The number of nitrogens with one attached hydrogen (secondary N) is 1. The number of aromatic nitrogens is 4. The van der Waals surface area contributed by atoms with Gasteiger partial charge in [-0.25, -0.2) is 18.4 Å². The van der Waals surface area contributed by atoms with Crippen LogP contribution in [0.3, 0.4) is 0 Å². The van der Waals surface area contributed by atoms with Crippen molar-refractivity contribution in [2.75, 3.05) is 0 Å². The Morgan fingerprint density at radius 1 is 1.17 bits per heavy atom. The van der Waals surface area contributed by atoms with Crippen LogP contribution in [0, 0.1) is 0 Å². The van der Waals surface area contributed by atoms with Gasteiger partial charge in [0, 0.05) is 20.6 Å². The maximum absolute atomic E-state index is 12.4. The Hall–Kier alpha value is -2.96. The molecule has 0 saturated heterocycles. The van der Waals surface area contributed by atoms with Crippen LogP contribution in [0.1, 0.15) is 5.56 Å². The number of benzene rings is 1. The highest BCUT2D eigenvalue weighted by atomic mass is 35.5. The van der Waals surface area contributed by atoms with Crippen molar-refractivity contribution in [3.05, 3.63) is 56.0 Å². The van der Waals surface area contributed by atoms with E-state index < -0.39 is 27.2 Å². The summed E-state index contributed by atoms with van der Waals surface area (Å²) in [4.78, 5) is 40.8. The topological polar surface area (TPSA) is 151 Å². The number of aryl methyl sites for hydroxylation is 1. The highest BCUT2D eigenvalue weighted by Gasteiger charge is 2.19. The molecular weight excluding hydrogens is 424 g/mol. The van der Waals surface area contributed by atoms with Gasteiger partial charge in [0.25, 0.3) is 5.56 Å². The van der Waals surface area contributed by atoms with Crippen LogP contribution in [-0.2, 0) is 42.0 Å². The van der Waals surface area contributed by atoms with E-state index in [2.05, 4.69) is 10.3 Å². The van der Waals surface area contributed by atoms with Crippen LogP contribution in [0.4, 0.5) is 0 Å². The van der Waals surface area contributed by atoms with E-state index in [0.29, 0.717) is 5.56 Å². The molecule has 0 radical (unpaired) electrons. The van der Waals surface area contributed by atoms with Crippen LogP contribution in [0.25, 0.3) is 11.2 Å². The summed E-state index contributed by atoms with van der Waals surface area (Å²) in [5.41, 5.74) is -0.419. The summed E-state index contributed by atoms with van der Waals surface area (Å²) in [5, 5.41) is 7.58. The Kier molecular flexibility index (Phi) is 5.34. The van der Waals surface area contributed by atoms with E-state index in [1.807, 2.05) is 0 Å². The number of carbonyl (C=O) groups is 1. The van der Waals surface area contributed by atoms with Crippen LogP contribution in [0.5, 0.6) is 0 Å². The fourth-order valence-corrected chi connectivity index (χ4v) is 3.50.